The van der Waals surface area contributed by atoms with Crippen LogP contribution in [0.2, 0.25) is 0 Å². The number of dihydropyridines is 1. The number of rotatable bonds is 7. The van der Waals surface area contributed by atoms with Gasteiger partial charge in [0, 0.05) is 78.6 Å². The molecule has 0 unspecified atom stereocenters. The minimum atomic E-state index is 0.879. The third-order valence-electron chi connectivity index (χ3n) is 8.49. The Morgan fingerprint density at radius 1 is 0.814 bits per heavy atom. The van der Waals surface area contributed by atoms with Crippen molar-refractivity contribution in [3.8, 4) is 22.3 Å². The van der Waals surface area contributed by atoms with Crippen molar-refractivity contribution in [1.29, 1.82) is 0 Å². The standard InChI is InChI=1S/C38H35N5/c1-27-34(12-8-20-39-27)38-37(31-15-13-30(14-16-31)29-9-4-3-5-10-29)35-25-32(17-18-36(35)41-38)28(2)43-23-21-42(22-24-43)26-33-11-6-7-19-40-33/h3-20,25,39,41H,1-2,21-24,26H2. The van der Waals surface area contributed by atoms with Crippen LogP contribution in [0.15, 0.2) is 134 Å². The lowest BCUT2D eigenvalue weighted by molar-refractivity contribution is 0.168. The Morgan fingerprint density at radius 3 is 2.30 bits per heavy atom. The van der Waals surface area contributed by atoms with Gasteiger partial charge in [-0.1, -0.05) is 79.9 Å². The summed E-state index contributed by atoms with van der Waals surface area (Å²) in [6, 6.07) is 32.2. The van der Waals surface area contributed by atoms with Crippen molar-refractivity contribution in [2.75, 3.05) is 26.2 Å². The van der Waals surface area contributed by atoms with Crippen LogP contribution in [0.25, 0.3) is 44.4 Å². The molecule has 1 saturated heterocycles. The van der Waals surface area contributed by atoms with E-state index in [0.29, 0.717) is 0 Å². The molecule has 7 rings (SSSR count). The third-order valence-corrected chi connectivity index (χ3v) is 8.49. The molecule has 0 saturated carbocycles. The van der Waals surface area contributed by atoms with Gasteiger partial charge in [-0.05, 0) is 58.7 Å². The number of allylic oxidation sites excluding steroid dienone is 3. The van der Waals surface area contributed by atoms with Crippen molar-refractivity contribution in [2.24, 2.45) is 0 Å². The van der Waals surface area contributed by atoms with Crippen LogP contribution in [0.5, 0.6) is 0 Å². The van der Waals surface area contributed by atoms with Gasteiger partial charge >= 0.3 is 0 Å². The molecule has 1 fully saturated rings. The lowest BCUT2D eigenvalue weighted by Gasteiger charge is -2.37. The molecule has 2 N–H and O–H groups in total. The maximum atomic E-state index is 4.56. The smallest absolute Gasteiger partial charge is 0.0565 e. The van der Waals surface area contributed by atoms with E-state index >= 15 is 0 Å². The summed E-state index contributed by atoms with van der Waals surface area (Å²) in [5.74, 6) is 0. The van der Waals surface area contributed by atoms with E-state index in [4.69, 9.17) is 0 Å². The second-order valence-corrected chi connectivity index (χ2v) is 11.2. The first-order valence-electron chi connectivity index (χ1n) is 14.8. The average Bonchev–Trinajstić information content (AvgIpc) is 3.44. The number of aromatic nitrogens is 2. The SMILES string of the molecule is C=C1NC=CC=C1c1[nH]c2ccc(C(=C)N3CCN(Cc4ccccn4)CC3)cc2c1-c1ccc(-c2ccccc2)cc1. The molecule has 43 heavy (non-hydrogen) atoms. The minimum absolute atomic E-state index is 0.879. The van der Waals surface area contributed by atoms with Gasteiger partial charge in [-0.25, -0.2) is 0 Å². The van der Waals surface area contributed by atoms with Crippen molar-refractivity contribution in [3.05, 3.63) is 151 Å². The first-order valence-corrected chi connectivity index (χ1v) is 14.8. The van der Waals surface area contributed by atoms with E-state index in [2.05, 4.69) is 129 Å². The van der Waals surface area contributed by atoms with Gasteiger partial charge in [0.15, 0.2) is 0 Å². The highest BCUT2D eigenvalue weighted by molar-refractivity contribution is 6.05. The summed E-state index contributed by atoms with van der Waals surface area (Å²) in [6.07, 6.45) is 7.94. The van der Waals surface area contributed by atoms with Crippen LogP contribution in [0, 0.1) is 0 Å². The third kappa shape index (κ3) is 5.43. The normalized spacial score (nSPS) is 15.4. The summed E-state index contributed by atoms with van der Waals surface area (Å²) in [5, 5.41) is 4.46. The molecule has 212 valence electrons. The molecule has 5 aromatic rings. The molecule has 5 nitrogen and oxygen atoms in total. The molecule has 2 aliphatic heterocycles. The van der Waals surface area contributed by atoms with Crippen LogP contribution in [-0.2, 0) is 6.54 Å². The molecule has 0 bridgehead atoms. The highest BCUT2D eigenvalue weighted by atomic mass is 15.3. The highest BCUT2D eigenvalue weighted by Crippen LogP contribution is 2.40. The largest absolute Gasteiger partial charge is 0.369 e. The van der Waals surface area contributed by atoms with Crippen molar-refractivity contribution >= 4 is 22.2 Å². The summed E-state index contributed by atoms with van der Waals surface area (Å²) in [7, 11) is 0. The summed E-state index contributed by atoms with van der Waals surface area (Å²) in [5.41, 5.74) is 12.2. The fraction of sp³-hybridized carbons (Fsp3) is 0.132. The molecule has 5 heteroatoms. The van der Waals surface area contributed by atoms with Gasteiger partial charge in [0.05, 0.1) is 11.4 Å². The summed E-state index contributed by atoms with van der Waals surface area (Å²) < 4.78 is 0. The molecule has 0 aliphatic carbocycles. The Kier molecular flexibility index (Phi) is 7.23. The minimum Gasteiger partial charge on any atom is -0.369 e. The average molecular weight is 562 g/mol. The molecule has 0 radical (unpaired) electrons. The summed E-state index contributed by atoms with van der Waals surface area (Å²) in [4.78, 5) is 13.1. The Morgan fingerprint density at radius 2 is 1.56 bits per heavy atom. The van der Waals surface area contributed by atoms with Crippen molar-refractivity contribution < 1.29 is 0 Å². The lowest BCUT2D eigenvalue weighted by atomic mass is 9.94. The molecular weight excluding hydrogens is 526 g/mol. The van der Waals surface area contributed by atoms with E-state index in [1.807, 2.05) is 24.5 Å². The molecule has 3 aromatic carbocycles. The van der Waals surface area contributed by atoms with Crippen LogP contribution >= 0.6 is 0 Å². The molecule has 0 spiro atoms. The van der Waals surface area contributed by atoms with E-state index in [0.717, 1.165) is 77.7 Å². The second kappa shape index (κ2) is 11.6. The van der Waals surface area contributed by atoms with Gasteiger partial charge in [-0.2, -0.15) is 0 Å². The van der Waals surface area contributed by atoms with E-state index in [1.54, 1.807) is 0 Å². The Hall–Kier alpha value is -5.13. The van der Waals surface area contributed by atoms with Gasteiger partial charge in [-0.15, -0.1) is 0 Å². The number of pyridine rings is 1. The van der Waals surface area contributed by atoms with Gasteiger partial charge in [0.2, 0.25) is 0 Å². The number of aromatic amines is 1. The molecule has 0 amide bonds. The molecule has 2 aromatic heterocycles. The maximum absolute atomic E-state index is 4.56. The number of fused-ring (bicyclic) bond motifs is 1. The van der Waals surface area contributed by atoms with E-state index in [9.17, 15) is 0 Å². The lowest BCUT2D eigenvalue weighted by Crippen LogP contribution is -2.44. The van der Waals surface area contributed by atoms with Crippen LogP contribution in [0.3, 0.4) is 0 Å². The van der Waals surface area contributed by atoms with Crippen molar-refractivity contribution in [2.45, 2.75) is 6.54 Å². The van der Waals surface area contributed by atoms with Gasteiger partial charge in [0.25, 0.3) is 0 Å². The zero-order valence-corrected chi connectivity index (χ0v) is 24.3. The quantitative estimate of drug-likeness (QED) is 0.214. The van der Waals surface area contributed by atoms with E-state index < -0.39 is 0 Å². The molecular formula is C38H35N5. The van der Waals surface area contributed by atoms with Crippen LogP contribution in [-0.4, -0.2) is 45.9 Å². The van der Waals surface area contributed by atoms with Crippen LogP contribution < -0.4 is 5.32 Å². The van der Waals surface area contributed by atoms with Crippen LogP contribution in [0.4, 0.5) is 0 Å². The second-order valence-electron chi connectivity index (χ2n) is 11.2. The zero-order valence-electron chi connectivity index (χ0n) is 24.3. The van der Waals surface area contributed by atoms with Crippen LogP contribution in [0.1, 0.15) is 17.0 Å². The first-order chi connectivity index (χ1) is 21.1. The zero-order chi connectivity index (χ0) is 29.2. The number of benzene rings is 3. The Labute approximate surface area is 253 Å². The molecule has 0 atom stereocenters. The van der Waals surface area contributed by atoms with Gasteiger partial charge in [0.1, 0.15) is 0 Å². The monoisotopic (exact) mass is 561 g/mol. The van der Waals surface area contributed by atoms with E-state index in [1.165, 1.54) is 22.1 Å². The summed E-state index contributed by atoms with van der Waals surface area (Å²) >= 11 is 0. The van der Waals surface area contributed by atoms with Crippen molar-refractivity contribution in [3.63, 3.8) is 0 Å². The highest BCUT2D eigenvalue weighted by Gasteiger charge is 2.22. The Bertz CT molecular complexity index is 1840. The van der Waals surface area contributed by atoms with Gasteiger partial charge < -0.3 is 15.2 Å². The van der Waals surface area contributed by atoms with Crippen molar-refractivity contribution in [1.82, 2.24) is 25.1 Å². The topological polar surface area (TPSA) is 47.2 Å². The number of H-pyrrole nitrogens is 1. The van der Waals surface area contributed by atoms with E-state index in [-0.39, 0.29) is 0 Å². The fourth-order valence-corrected chi connectivity index (χ4v) is 6.12. The fourth-order valence-electron chi connectivity index (χ4n) is 6.12. The predicted molar refractivity (Wildman–Crippen MR) is 179 cm³/mol. The number of hydrogen-bond acceptors (Lipinski definition) is 4. The predicted octanol–water partition coefficient (Wildman–Crippen LogP) is 7.70. The van der Waals surface area contributed by atoms with Gasteiger partial charge in [-0.3, -0.25) is 9.88 Å². The number of piperazine rings is 1. The number of nitrogens with zero attached hydrogens (tertiary/aromatic N) is 3. The number of hydrogen-bond donors (Lipinski definition) is 2. The molecule has 4 heterocycles. The molecule has 2 aliphatic rings. The maximum Gasteiger partial charge on any atom is 0.0565 e. The summed E-state index contributed by atoms with van der Waals surface area (Å²) in [6.45, 7) is 13.6. The first kappa shape index (κ1) is 26.7. The number of nitrogens with one attached hydrogen (secondary N) is 2. The Balaban J connectivity index is 1.21.